The Bertz CT molecular complexity index is 479. The number of nitrogens with zero attached hydrogens (tertiary/aromatic N) is 3. The van der Waals surface area contributed by atoms with E-state index in [0.29, 0.717) is 12.5 Å². The third-order valence-electron chi connectivity index (χ3n) is 3.23. The van der Waals surface area contributed by atoms with Crippen molar-refractivity contribution in [1.82, 2.24) is 14.9 Å². The van der Waals surface area contributed by atoms with Gasteiger partial charge in [0.1, 0.15) is 6.20 Å². The van der Waals surface area contributed by atoms with E-state index < -0.39 is 10.6 Å². The van der Waals surface area contributed by atoms with Gasteiger partial charge in [-0.15, -0.1) is 0 Å². The Labute approximate surface area is 104 Å². The molecule has 0 spiro atoms. The van der Waals surface area contributed by atoms with Crippen molar-refractivity contribution in [2.45, 2.75) is 25.8 Å². The highest BCUT2D eigenvalue weighted by molar-refractivity contribution is 5.20. The number of nitrogens with one attached hydrogen (secondary N) is 1. The fourth-order valence-electron chi connectivity index (χ4n) is 2.19. The highest BCUT2D eigenvalue weighted by Crippen LogP contribution is 2.15. The minimum atomic E-state index is -0.537. The molecule has 0 amide bonds. The van der Waals surface area contributed by atoms with Gasteiger partial charge in [-0.2, -0.15) is 4.98 Å². The Morgan fingerprint density at radius 2 is 2.44 bits per heavy atom. The third kappa shape index (κ3) is 3.13. The van der Waals surface area contributed by atoms with Crippen molar-refractivity contribution in [2.24, 2.45) is 5.92 Å². The molecule has 18 heavy (non-hydrogen) atoms. The second-order valence-electron chi connectivity index (χ2n) is 4.55. The summed E-state index contributed by atoms with van der Waals surface area (Å²) in [5.74, 6) is 0.532. The summed E-state index contributed by atoms with van der Waals surface area (Å²) in [6.07, 6.45) is 5.40. The van der Waals surface area contributed by atoms with Crippen LogP contribution in [0.15, 0.2) is 17.2 Å². The van der Waals surface area contributed by atoms with Crippen molar-refractivity contribution < 1.29 is 4.92 Å². The Morgan fingerprint density at radius 3 is 3.11 bits per heavy atom. The van der Waals surface area contributed by atoms with Gasteiger partial charge in [0, 0.05) is 6.54 Å². The molecular weight excluding hydrogens is 236 g/mol. The Kier molecular flexibility index (Phi) is 4.03. The van der Waals surface area contributed by atoms with Crippen LogP contribution in [0.5, 0.6) is 0 Å². The van der Waals surface area contributed by atoms with Crippen molar-refractivity contribution in [3.8, 4) is 0 Å². The monoisotopic (exact) mass is 252 g/mol. The molecule has 0 aromatic carbocycles. The molecule has 1 N–H and O–H groups in total. The second kappa shape index (κ2) is 5.72. The summed E-state index contributed by atoms with van der Waals surface area (Å²) in [5, 5.41) is 13.9. The van der Waals surface area contributed by atoms with Crippen LogP contribution < -0.4 is 11.0 Å². The van der Waals surface area contributed by atoms with Crippen LogP contribution in [0.4, 0.5) is 5.69 Å². The van der Waals surface area contributed by atoms with Crippen LogP contribution in [-0.4, -0.2) is 27.6 Å². The summed E-state index contributed by atoms with van der Waals surface area (Å²) in [6, 6.07) is 0. The van der Waals surface area contributed by atoms with Crippen molar-refractivity contribution in [1.29, 1.82) is 0 Å². The van der Waals surface area contributed by atoms with Crippen LogP contribution in [0.25, 0.3) is 0 Å². The maximum Gasteiger partial charge on any atom is 0.347 e. The Balaban J connectivity index is 2.01. The van der Waals surface area contributed by atoms with Crippen molar-refractivity contribution in [3.63, 3.8) is 0 Å². The number of rotatable bonds is 4. The Morgan fingerprint density at radius 1 is 1.61 bits per heavy atom. The number of hydrogen-bond donors (Lipinski definition) is 1. The van der Waals surface area contributed by atoms with Gasteiger partial charge in [-0.25, -0.2) is 4.79 Å². The number of hydrogen-bond acceptors (Lipinski definition) is 5. The highest BCUT2D eigenvalue weighted by Gasteiger charge is 2.14. The molecule has 1 aromatic rings. The van der Waals surface area contributed by atoms with Gasteiger partial charge in [-0.3, -0.25) is 14.7 Å². The summed E-state index contributed by atoms with van der Waals surface area (Å²) < 4.78 is 1.33. The predicted molar refractivity (Wildman–Crippen MR) is 65.4 cm³/mol. The average molecular weight is 252 g/mol. The first-order valence-electron chi connectivity index (χ1n) is 6.08. The van der Waals surface area contributed by atoms with Crippen LogP contribution in [0.1, 0.15) is 19.3 Å². The van der Waals surface area contributed by atoms with Gasteiger partial charge >= 0.3 is 11.4 Å². The van der Waals surface area contributed by atoms with Crippen LogP contribution in [0, 0.1) is 16.0 Å². The first kappa shape index (κ1) is 12.7. The molecule has 1 aliphatic rings. The zero-order chi connectivity index (χ0) is 13.0. The Hall–Kier alpha value is -1.76. The van der Waals surface area contributed by atoms with E-state index in [2.05, 4.69) is 10.3 Å². The van der Waals surface area contributed by atoms with Gasteiger partial charge in [0.25, 0.3) is 0 Å². The summed E-state index contributed by atoms with van der Waals surface area (Å²) in [5.41, 5.74) is -0.569. The molecule has 1 unspecified atom stereocenters. The lowest BCUT2D eigenvalue weighted by molar-refractivity contribution is -0.385. The summed E-state index contributed by atoms with van der Waals surface area (Å²) in [6.45, 7) is 2.49. The predicted octanol–water partition coefficient (Wildman–Crippen LogP) is 0.541. The van der Waals surface area contributed by atoms with Gasteiger partial charge in [0.05, 0.1) is 11.1 Å². The maximum atomic E-state index is 11.5. The SMILES string of the molecule is O=c1ncc([N+](=O)[O-])cn1CCC1CCCNC1. The van der Waals surface area contributed by atoms with E-state index in [4.69, 9.17) is 0 Å². The van der Waals surface area contributed by atoms with E-state index >= 15 is 0 Å². The molecule has 1 aliphatic heterocycles. The lowest BCUT2D eigenvalue weighted by atomic mass is 9.96. The third-order valence-corrected chi connectivity index (χ3v) is 3.23. The van der Waals surface area contributed by atoms with Crippen LogP contribution in [-0.2, 0) is 6.54 Å². The molecule has 7 heteroatoms. The van der Waals surface area contributed by atoms with Gasteiger partial charge in [-0.1, -0.05) is 0 Å². The summed E-state index contributed by atoms with van der Waals surface area (Å²) in [7, 11) is 0. The van der Waals surface area contributed by atoms with E-state index in [1.165, 1.54) is 10.8 Å². The summed E-state index contributed by atoms with van der Waals surface area (Å²) >= 11 is 0. The summed E-state index contributed by atoms with van der Waals surface area (Å²) in [4.78, 5) is 25.1. The quantitative estimate of drug-likeness (QED) is 0.624. The zero-order valence-electron chi connectivity index (χ0n) is 10.0. The van der Waals surface area contributed by atoms with E-state index in [-0.39, 0.29) is 5.69 Å². The molecule has 1 atom stereocenters. The van der Waals surface area contributed by atoms with Crippen LogP contribution >= 0.6 is 0 Å². The van der Waals surface area contributed by atoms with Gasteiger partial charge in [-0.05, 0) is 38.3 Å². The molecular formula is C11H16N4O3. The molecule has 1 aromatic heterocycles. The molecule has 0 radical (unpaired) electrons. The molecule has 2 rings (SSSR count). The molecule has 2 heterocycles. The van der Waals surface area contributed by atoms with Crippen LogP contribution in [0.2, 0.25) is 0 Å². The van der Waals surface area contributed by atoms with E-state index in [0.717, 1.165) is 38.5 Å². The van der Waals surface area contributed by atoms with Gasteiger partial charge in [0.15, 0.2) is 0 Å². The lowest BCUT2D eigenvalue weighted by Crippen LogP contribution is -2.31. The minimum Gasteiger partial charge on any atom is -0.316 e. The number of aryl methyl sites for hydroxylation is 1. The molecule has 98 valence electrons. The molecule has 0 bridgehead atoms. The first-order chi connectivity index (χ1) is 8.66. The maximum absolute atomic E-state index is 11.5. The normalized spacial score (nSPS) is 19.7. The minimum absolute atomic E-state index is 0.142. The van der Waals surface area contributed by atoms with E-state index in [9.17, 15) is 14.9 Å². The molecule has 1 saturated heterocycles. The number of nitro groups is 1. The van der Waals surface area contributed by atoms with Gasteiger partial charge < -0.3 is 5.32 Å². The van der Waals surface area contributed by atoms with Crippen molar-refractivity contribution in [2.75, 3.05) is 13.1 Å². The topological polar surface area (TPSA) is 90.1 Å². The molecule has 0 aliphatic carbocycles. The molecule has 1 fully saturated rings. The van der Waals surface area contributed by atoms with Gasteiger partial charge in [0.2, 0.25) is 0 Å². The number of aromatic nitrogens is 2. The molecule has 7 nitrogen and oxygen atoms in total. The van der Waals surface area contributed by atoms with Crippen molar-refractivity contribution in [3.05, 3.63) is 33.0 Å². The fraction of sp³-hybridized carbons (Fsp3) is 0.636. The average Bonchev–Trinajstić information content (AvgIpc) is 2.38. The second-order valence-corrected chi connectivity index (χ2v) is 4.55. The van der Waals surface area contributed by atoms with E-state index in [1.54, 1.807) is 0 Å². The van der Waals surface area contributed by atoms with E-state index in [1.807, 2.05) is 0 Å². The fourth-order valence-corrected chi connectivity index (χ4v) is 2.19. The standard InChI is InChI=1S/C11H16N4O3/c16-11-13-7-10(15(17)18)8-14(11)5-3-9-2-1-4-12-6-9/h7-9,12H,1-6H2. The highest BCUT2D eigenvalue weighted by atomic mass is 16.6. The number of piperidine rings is 1. The zero-order valence-corrected chi connectivity index (χ0v) is 10.0. The largest absolute Gasteiger partial charge is 0.347 e. The van der Waals surface area contributed by atoms with Crippen LogP contribution in [0.3, 0.4) is 0 Å². The first-order valence-corrected chi connectivity index (χ1v) is 6.08. The lowest BCUT2D eigenvalue weighted by Gasteiger charge is -2.22. The smallest absolute Gasteiger partial charge is 0.316 e. The van der Waals surface area contributed by atoms with Crippen molar-refractivity contribution >= 4 is 5.69 Å². The molecule has 0 saturated carbocycles.